The van der Waals surface area contributed by atoms with Gasteiger partial charge in [0, 0.05) is 6.08 Å². The summed E-state index contributed by atoms with van der Waals surface area (Å²) in [6.07, 6.45) is 2.59. The largest absolute Gasteiger partial charge is 0.493 e. The van der Waals surface area contributed by atoms with Crippen LogP contribution in [0, 0.1) is 13.8 Å². The Labute approximate surface area is 191 Å². The van der Waals surface area contributed by atoms with Crippen molar-refractivity contribution in [3.05, 3.63) is 53.4 Å². The van der Waals surface area contributed by atoms with Crippen LogP contribution in [0.5, 0.6) is 11.5 Å². The van der Waals surface area contributed by atoms with E-state index in [1.54, 1.807) is 31.2 Å². The molecule has 1 aromatic heterocycles. The van der Waals surface area contributed by atoms with Crippen molar-refractivity contribution in [3.8, 4) is 17.2 Å². The Morgan fingerprint density at radius 1 is 1.09 bits per heavy atom. The molecule has 0 aliphatic rings. The van der Waals surface area contributed by atoms with E-state index < -0.39 is 16.0 Å². The number of benzene rings is 2. The number of tetrazole rings is 1. The number of nitrogens with zero attached hydrogens (tertiary/aromatic N) is 4. The van der Waals surface area contributed by atoms with Gasteiger partial charge in [0.2, 0.25) is 0 Å². The Morgan fingerprint density at radius 2 is 1.85 bits per heavy atom. The number of sulfonamides is 1. The van der Waals surface area contributed by atoms with Crippen LogP contribution in [0.1, 0.15) is 17.0 Å². The molecule has 174 valence electrons. The lowest BCUT2D eigenvalue weighted by Crippen LogP contribution is -2.15. The lowest BCUT2D eigenvalue weighted by molar-refractivity contribution is -0.134. The van der Waals surface area contributed by atoms with E-state index in [1.165, 1.54) is 44.2 Å². The number of hydrogen-bond donors (Lipinski definition) is 1. The summed E-state index contributed by atoms with van der Waals surface area (Å²) in [5.74, 6) is 0.162. The molecule has 11 nitrogen and oxygen atoms in total. The number of rotatable bonds is 8. The number of hydrogen-bond acceptors (Lipinski definition) is 9. The minimum Gasteiger partial charge on any atom is -0.493 e. The molecule has 1 N–H and O–H groups in total. The first-order chi connectivity index (χ1) is 15.7. The molecule has 0 unspecified atom stereocenters. The zero-order valence-electron chi connectivity index (χ0n) is 18.7. The van der Waals surface area contributed by atoms with Crippen LogP contribution >= 0.6 is 0 Å². The van der Waals surface area contributed by atoms with Crippen LogP contribution in [0.25, 0.3) is 11.8 Å². The van der Waals surface area contributed by atoms with Crippen LogP contribution in [0.3, 0.4) is 0 Å². The van der Waals surface area contributed by atoms with Crippen molar-refractivity contribution < 1.29 is 27.4 Å². The number of esters is 1. The maximum absolute atomic E-state index is 13.3. The topological polar surface area (TPSA) is 135 Å². The van der Waals surface area contributed by atoms with E-state index in [-0.39, 0.29) is 16.4 Å². The third kappa shape index (κ3) is 5.12. The van der Waals surface area contributed by atoms with Crippen molar-refractivity contribution in [2.24, 2.45) is 0 Å². The first-order valence-electron chi connectivity index (χ1n) is 9.61. The molecule has 0 amide bonds. The van der Waals surface area contributed by atoms with Gasteiger partial charge in [0.15, 0.2) is 17.3 Å². The molecule has 1 heterocycles. The molecule has 0 saturated carbocycles. The van der Waals surface area contributed by atoms with Gasteiger partial charge in [-0.25, -0.2) is 13.2 Å². The van der Waals surface area contributed by atoms with Gasteiger partial charge in [-0.05, 0) is 65.7 Å². The molecule has 0 bridgehead atoms. The monoisotopic (exact) mass is 473 g/mol. The molecule has 0 aliphatic carbocycles. The Morgan fingerprint density at radius 3 is 2.45 bits per heavy atom. The molecule has 0 atom stereocenters. The molecular formula is C21H23N5O6S. The molecule has 3 aromatic rings. The zero-order valence-corrected chi connectivity index (χ0v) is 19.5. The van der Waals surface area contributed by atoms with Gasteiger partial charge in [-0.1, -0.05) is 6.07 Å². The molecule has 12 heteroatoms. The SMILES string of the molecule is COC(=O)/C=C/c1cc(OC)c(OC)c(S(=O)(=O)Nc2ccc(C)c(-n3nnnc3C)c2)c1. The van der Waals surface area contributed by atoms with E-state index in [0.29, 0.717) is 22.8 Å². The number of ether oxygens (including phenoxy) is 3. The summed E-state index contributed by atoms with van der Waals surface area (Å²) >= 11 is 0. The summed E-state index contributed by atoms with van der Waals surface area (Å²) in [6.45, 7) is 3.60. The molecule has 0 aliphatic heterocycles. The summed E-state index contributed by atoms with van der Waals surface area (Å²) < 4.78 is 45.9. The normalized spacial score (nSPS) is 11.4. The molecule has 0 spiro atoms. The van der Waals surface area contributed by atoms with Crippen molar-refractivity contribution in [1.82, 2.24) is 20.2 Å². The average molecular weight is 474 g/mol. The van der Waals surface area contributed by atoms with E-state index in [4.69, 9.17) is 9.47 Å². The van der Waals surface area contributed by atoms with Gasteiger partial charge >= 0.3 is 5.97 Å². The smallest absolute Gasteiger partial charge is 0.330 e. The number of carbonyl (C=O) groups excluding carboxylic acids is 1. The van der Waals surface area contributed by atoms with Crippen LogP contribution in [0.15, 0.2) is 41.3 Å². The van der Waals surface area contributed by atoms with Crippen LogP contribution in [-0.2, 0) is 19.6 Å². The van der Waals surface area contributed by atoms with Crippen LogP contribution in [-0.4, -0.2) is 55.9 Å². The number of aryl methyl sites for hydroxylation is 2. The van der Waals surface area contributed by atoms with Gasteiger partial charge in [-0.15, -0.1) is 5.10 Å². The van der Waals surface area contributed by atoms with Crippen molar-refractivity contribution in [2.45, 2.75) is 18.7 Å². The number of carbonyl (C=O) groups is 1. The van der Waals surface area contributed by atoms with Crippen LogP contribution in [0.4, 0.5) is 5.69 Å². The lowest BCUT2D eigenvalue weighted by Gasteiger charge is -2.16. The molecular weight excluding hydrogens is 450 g/mol. The Balaban J connectivity index is 2.06. The highest BCUT2D eigenvalue weighted by atomic mass is 32.2. The molecule has 0 fully saturated rings. The second kappa shape index (κ2) is 9.69. The first-order valence-corrected chi connectivity index (χ1v) is 11.1. The van der Waals surface area contributed by atoms with Gasteiger partial charge in [-0.2, -0.15) is 4.68 Å². The second-order valence-corrected chi connectivity index (χ2v) is 8.51. The van der Waals surface area contributed by atoms with Crippen molar-refractivity contribution in [1.29, 1.82) is 0 Å². The number of nitrogens with one attached hydrogen (secondary N) is 1. The van der Waals surface area contributed by atoms with Gasteiger partial charge < -0.3 is 14.2 Å². The fourth-order valence-electron chi connectivity index (χ4n) is 3.04. The summed E-state index contributed by atoms with van der Waals surface area (Å²) in [5, 5.41) is 11.4. The van der Waals surface area contributed by atoms with Gasteiger partial charge in [-0.3, -0.25) is 4.72 Å². The maximum Gasteiger partial charge on any atom is 0.330 e. The predicted molar refractivity (Wildman–Crippen MR) is 120 cm³/mol. The minimum absolute atomic E-state index is 0.0175. The highest BCUT2D eigenvalue weighted by Gasteiger charge is 2.24. The van der Waals surface area contributed by atoms with Crippen LogP contribution in [0.2, 0.25) is 0 Å². The number of anilines is 1. The summed E-state index contributed by atoms with van der Waals surface area (Å²) in [4.78, 5) is 11.3. The molecule has 0 radical (unpaired) electrons. The van der Waals surface area contributed by atoms with Crippen molar-refractivity contribution in [2.75, 3.05) is 26.1 Å². The number of aromatic nitrogens is 4. The Bertz CT molecular complexity index is 1320. The molecule has 2 aromatic carbocycles. The Kier molecular flexibility index (Phi) is 6.97. The van der Waals surface area contributed by atoms with Gasteiger partial charge in [0.05, 0.1) is 32.7 Å². The van der Waals surface area contributed by atoms with Crippen LogP contribution < -0.4 is 14.2 Å². The van der Waals surface area contributed by atoms with E-state index in [2.05, 4.69) is 25.0 Å². The fraction of sp³-hybridized carbons (Fsp3) is 0.238. The summed E-state index contributed by atoms with van der Waals surface area (Å²) in [6, 6.07) is 7.91. The predicted octanol–water partition coefficient (Wildman–Crippen LogP) is 2.28. The van der Waals surface area contributed by atoms with Crippen molar-refractivity contribution >= 4 is 27.8 Å². The van der Waals surface area contributed by atoms with E-state index >= 15 is 0 Å². The van der Waals surface area contributed by atoms with E-state index in [9.17, 15) is 13.2 Å². The minimum atomic E-state index is -4.13. The van der Waals surface area contributed by atoms with Gasteiger partial charge in [0.1, 0.15) is 4.90 Å². The highest BCUT2D eigenvalue weighted by Crippen LogP contribution is 2.37. The highest BCUT2D eigenvalue weighted by molar-refractivity contribution is 7.92. The van der Waals surface area contributed by atoms with Crippen molar-refractivity contribution in [3.63, 3.8) is 0 Å². The third-order valence-corrected chi connectivity index (χ3v) is 6.07. The number of methoxy groups -OCH3 is 3. The summed E-state index contributed by atoms with van der Waals surface area (Å²) in [5.41, 5.74) is 2.16. The lowest BCUT2D eigenvalue weighted by atomic mass is 10.2. The summed E-state index contributed by atoms with van der Waals surface area (Å²) in [7, 11) is -0.162. The average Bonchev–Trinajstić information content (AvgIpc) is 3.23. The quantitative estimate of drug-likeness (QED) is 0.386. The fourth-order valence-corrected chi connectivity index (χ4v) is 4.31. The standard InChI is InChI=1S/C21H23N5O6S/c1-13-6-8-16(12-17(13)26-14(2)22-24-25-26)23-33(28,29)19-11-15(7-9-20(27)31-4)10-18(30-3)21(19)32-5/h6-12,23H,1-5H3/b9-7+. The van der Waals surface area contributed by atoms with Gasteiger partial charge in [0.25, 0.3) is 10.0 Å². The third-order valence-electron chi connectivity index (χ3n) is 4.68. The second-order valence-electron chi connectivity index (χ2n) is 6.86. The molecule has 3 rings (SSSR count). The molecule has 0 saturated heterocycles. The van der Waals surface area contributed by atoms with E-state index in [1.807, 2.05) is 6.92 Å². The Hall–Kier alpha value is -3.93. The van der Waals surface area contributed by atoms with E-state index in [0.717, 1.165) is 5.56 Å². The molecule has 33 heavy (non-hydrogen) atoms. The maximum atomic E-state index is 13.3. The first kappa shape index (κ1) is 23.7. The zero-order chi connectivity index (χ0) is 24.2.